The Morgan fingerprint density at radius 2 is 2.00 bits per heavy atom. The average Bonchev–Trinajstić information content (AvgIpc) is 3.26. The van der Waals surface area contributed by atoms with Crippen LogP contribution in [-0.2, 0) is 0 Å². The number of carbonyl (C=O) groups is 1. The third-order valence-electron chi connectivity index (χ3n) is 3.75. The molecule has 3 aromatic rings. The standard InChI is InChI=1S/C15H14N6OS/c22-14(20-5-1-2-6-20)19-15-21(7-8-23-15)11-9-12-13(18-10-11)17-4-3-16-12/h3-4,7-10H,1-2,5-6H2. The van der Waals surface area contributed by atoms with Crippen molar-refractivity contribution >= 4 is 28.5 Å². The van der Waals surface area contributed by atoms with Crippen molar-refractivity contribution in [2.45, 2.75) is 12.8 Å². The SMILES string of the molecule is O=C(N=c1sccn1-c1cnc2nccnc2c1)N1CCCC1. The van der Waals surface area contributed by atoms with E-state index in [1.165, 1.54) is 11.3 Å². The van der Waals surface area contributed by atoms with Gasteiger partial charge in [0.2, 0.25) is 0 Å². The first kappa shape index (κ1) is 14.0. The van der Waals surface area contributed by atoms with E-state index < -0.39 is 0 Å². The number of rotatable bonds is 1. The highest BCUT2D eigenvalue weighted by Crippen LogP contribution is 2.12. The van der Waals surface area contributed by atoms with Crippen LogP contribution < -0.4 is 4.80 Å². The number of nitrogens with zero attached hydrogens (tertiary/aromatic N) is 6. The van der Waals surface area contributed by atoms with Gasteiger partial charge in [-0.1, -0.05) is 0 Å². The maximum absolute atomic E-state index is 12.2. The summed E-state index contributed by atoms with van der Waals surface area (Å²) in [4.78, 5) is 31.6. The Morgan fingerprint density at radius 3 is 2.87 bits per heavy atom. The number of carbonyl (C=O) groups excluding carboxylic acids is 1. The highest BCUT2D eigenvalue weighted by molar-refractivity contribution is 7.07. The molecule has 1 saturated heterocycles. The predicted molar refractivity (Wildman–Crippen MR) is 86.3 cm³/mol. The van der Waals surface area contributed by atoms with Gasteiger partial charge in [-0.25, -0.2) is 14.8 Å². The lowest BCUT2D eigenvalue weighted by atomic mass is 10.3. The van der Waals surface area contributed by atoms with Crippen LogP contribution in [0.4, 0.5) is 4.79 Å². The van der Waals surface area contributed by atoms with Gasteiger partial charge in [-0.2, -0.15) is 4.99 Å². The van der Waals surface area contributed by atoms with Gasteiger partial charge in [0.1, 0.15) is 5.52 Å². The molecule has 0 N–H and O–H groups in total. The number of hydrogen-bond donors (Lipinski definition) is 0. The van der Waals surface area contributed by atoms with Gasteiger partial charge >= 0.3 is 6.03 Å². The van der Waals surface area contributed by atoms with Gasteiger partial charge in [-0.3, -0.25) is 9.55 Å². The van der Waals surface area contributed by atoms with Crippen molar-refractivity contribution in [2.75, 3.05) is 13.1 Å². The van der Waals surface area contributed by atoms with Crippen LogP contribution in [0.5, 0.6) is 0 Å². The predicted octanol–water partition coefficient (Wildman–Crippen LogP) is 1.99. The Kier molecular flexibility index (Phi) is 3.58. The minimum Gasteiger partial charge on any atom is -0.323 e. The van der Waals surface area contributed by atoms with E-state index in [0.717, 1.165) is 31.6 Å². The Labute approximate surface area is 136 Å². The van der Waals surface area contributed by atoms with Crippen LogP contribution in [0.2, 0.25) is 0 Å². The zero-order valence-corrected chi connectivity index (χ0v) is 13.1. The van der Waals surface area contributed by atoms with Crippen LogP contribution in [0, 0.1) is 0 Å². The van der Waals surface area contributed by atoms with Crippen molar-refractivity contribution in [1.82, 2.24) is 24.4 Å². The second kappa shape index (κ2) is 5.88. The second-order valence-electron chi connectivity index (χ2n) is 5.24. The summed E-state index contributed by atoms with van der Waals surface area (Å²) in [7, 11) is 0. The van der Waals surface area contributed by atoms with Gasteiger partial charge in [0, 0.05) is 37.1 Å². The van der Waals surface area contributed by atoms with E-state index in [1.807, 2.05) is 22.2 Å². The highest BCUT2D eigenvalue weighted by Gasteiger charge is 2.17. The lowest BCUT2D eigenvalue weighted by Crippen LogP contribution is -2.27. The van der Waals surface area contributed by atoms with Gasteiger partial charge in [0.05, 0.1) is 11.9 Å². The van der Waals surface area contributed by atoms with Gasteiger partial charge in [-0.05, 0) is 18.9 Å². The average molecular weight is 326 g/mol. The number of amides is 2. The van der Waals surface area contributed by atoms with E-state index in [-0.39, 0.29) is 6.03 Å². The van der Waals surface area contributed by atoms with E-state index >= 15 is 0 Å². The smallest absolute Gasteiger partial charge is 0.323 e. The first-order valence-electron chi connectivity index (χ1n) is 7.38. The van der Waals surface area contributed by atoms with Crippen molar-refractivity contribution in [2.24, 2.45) is 4.99 Å². The summed E-state index contributed by atoms with van der Waals surface area (Å²) in [6.45, 7) is 1.58. The van der Waals surface area contributed by atoms with Crippen molar-refractivity contribution in [3.63, 3.8) is 0 Å². The molecule has 0 bridgehead atoms. The number of urea groups is 1. The van der Waals surface area contributed by atoms with E-state index in [9.17, 15) is 4.79 Å². The zero-order chi connectivity index (χ0) is 15.6. The van der Waals surface area contributed by atoms with Gasteiger partial charge < -0.3 is 4.90 Å². The van der Waals surface area contributed by atoms with Crippen molar-refractivity contribution in [1.29, 1.82) is 0 Å². The molecule has 0 atom stereocenters. The minimum absolute atomic E-state index is 0.174. The molecule has 0 saturated carbocycles. The van der Waals surface area contributed by atoms with E-state index in [0.29, 0.717) is 16.0 Å². The van der Waals surface area contributed by atoms with Gasteiger partial charge in [-0.15, -0.1) is 11.3 Å². The fraction of sp³-hybridized carbons (Fsp3) is 0.267. The van der Waals surface area contributed by atoms with Crippen molar-refractivity contribution < 1.29 is 4.79 Å². The highest BCUT2D eigenvalue weighted by atomic mass is 32.1. The molecule has 4 heterocycles. The maximum atomic E-state index is 12.2. The molecule has 3 aromatic heterocycles. The van der Waals surface area contributed by atoms with E-state index in [4.69, 9.17) is 0 Å². The van der Waals surface area contributed by atoms with Crippen molar-refractivity contribution in [3.8, 4) is 5.69 Å². The molecule has 0 spiro atoms. The molecular formula is C15H14N6OS. The van der Waals surface area contributed by atoms with Crippen LogP contribution in [-0.4, -0.2) is 43.5 Å². The molecule has 0 radical (unpaired) electrons. The van der Waals surface area contributed by atoms with Crippen LogP contribution in [0.3, 0.4) is 0 Å². The molecule has 0 unspecified atom stereocenters. The normalized spacial score (nSPS) is 15.5. The Morgan fingerprint density at radius 1 is 1.17 bits per heavy atom. The number of likely N-dealkylation sites (tertiary alicyclic amines) is 1. The molecule has 116 valence electrons. The van der Waals surface area contributed by atoms with E-state index in [1.54, 1.807) is 23.5 Å². The Balaban J connectivity index is 1.74. The lowest BCUT2D eigenvalue weighted by molar-refractivity contribution is 0.218. The number of hydrogen-bond acceptors (Lipinski definition) is 5. The molecule has 4 rings (SSSR count). The topological polar surface area (TPSA) is 76.3 Å². The molecule has 1 fully saturated rings. The Hall–Kier alpha value is -2.61. The summed E-state index contributed by atoms with van der Waals surface area (Å²) in [5.74, 6) is 0. The maximum Gasteiger partial charge on any atom is 0.346 e. The van der Waals surface area contributed by atoms with Crippen LogP contribution >= 0.6 is 11.3 Å². The quantitative estimate of drug-likeness (QED) is 0.685. The second-order valence-corrected chi connectivity index (χ2v) is 6.11. The fourth-order valence-corrected chi connectivity index (χ4v) is 3.30. The monoisotopic (exact) mass is 326 g/mol. The molecule has 8 heteroatoms. The first-order chi connectivity index (χ1) is 11.3. The summed E-state index contributed by atoms with van der Waals surface area (Å²) in [5, 5.41) is 1.90. The van der Waals surface area contributed by atoms with Gasteiger partial charge in [0.25, 0.3) is 0 Å². The summed E-state index contributed by atoms with van der Waals surface area (Å²) in [6, 6.07) is 1.72. The molecule has 7 nitrogen and oxygen atoms in total. The summed E-state index contributed by atoms with van der Waals surface area (Å²) in [5.41, 5.74) is 2.12. The first-order valence-corrected chi connectivity index (χ1v) is 8.26. The third kappa shape index (κ3) is 2.72. The molecule has 0 aromatic carbocycles. The van der Waals surface area contributed by atoms with E-state index in [2.05, 4.69) is 19.9 Å². The van der Waals surface area contributed by atoms with Gasteiger partial charge in [0.15, 0.2) is 10.4 Å². The fourth-order valence-electron chi connectivity index (χ4n) is 2.59. The number of thiazole rings is 1. The largest absolute Gasteiger partial charge is 0.346 e. The lowest BCUT2D eigenvalue weighted by Gasteiger charge is -2.10. The van der Waals surface area contributed by atoms with Crippen LogP contribution in [0.15, 0.2) is 41.2 Å². The molecule has 1 aliphatic heterocycles. The Bertz CT molecular complexity index is 925. The molecule has 23 heavy (non-hydrogen) atoms. The molecule has 1 aliphatic rings. The summed E-state index contributed by atoms with van der Waals surface area (Å²) in [6.07, 6.45) is 8.94. The van der Waals surface area contributed by atoms with Crippen LogP contribution in [0.25, 0.3) is 16.9 Å². The summed E-state index contributed by atoms with van der Waals surface area (Å²) >= 11 is 1.42. The molecule has 0 aliphatic carbocycles. The van der Waals surface area contributed by atoms with Crippen molar-refractivity contribution in [3.05, 3.63) is 41.0 Å². The number of fused-ring (bicyclic) bond motifs is 1. The summed E-state index contributed by atoms with van der Waals surface area (Å²) < 4.78 is 1.85. The number of pyridine rings is 1. The zero-order valence-electron chi connectivity index (χ0n) is 12.3. The minimum atomic E-state index is -0.174. The number of aromatic nitrogens is 4. The van der Waals surface area contributed by atoms with Crippen LogP contribution in [0.1, 0.15) is 12.8 Å². The third-order valence-corrected chi connectivity index (χ3v) is 4.50. The molecule has 2 amide bonds. The molecular weight excluding hydrogens is 312 g/mol.